The van der Waals surface area contributed by atoms with Crippen LogP contribution in [-0.2, 0) is 0 Å². The smallest absolute Gasteiger partial charge is 0.289 e. The van der Waals surface area contributed by atoms with E-state index in [-0.39, 0.29) is 5.91 Å². The van der Waals surface area contributed by atoms with Gasteiger partial charge in [-0.15, -0.1) is 10.2 Å². The number of piperazine rings is 1. The van der Waals surface area contributed by atoms with Gasteiger partial charge >= 0.3 is 0 Å². The van der Waals surface area contributed by atoms with Gasteiger partial charge in [0.2, 0.25) is 0 Å². The van der Waals surface area contributed by atoms with E-state index < -0.39 is 0 Å². The van der Waals surface area contributed by atoms with E-state index in [1.165, 1.54) is 0 Å². The molecule has 0 spiro atoms. The molecule has 1 amide bonds. The van der Waals surface area contributed by atoms with Crippen LogP contribution in [0.1, 0.15) is 16.3 Å². The molecular formula is C20H20N4O2. The Bertz CT molecular complexity index is 882. The van der Waals surface area contributed by atoms with Crippen LogP contribution in [0, 0.1) is 6.92 Å². The maximum atomic E-state index is 12.4. The second kappa shape index (κ2) is 7.00. The minimum absolute atomic E-state index is 0.0525. The van der Waals surface area contributed by atoms with Gasteiger partial charge in [-0.3, -0.25) is 4.79 Å². The van der Waals surface area contributed by atoms with Crippen LogP contribution in [0.5, 0.6) is 0 Å². The molecule has 1 aliphatic heterocycles. The Morgan fingerprint density at radius 2 is 1.69 bits per heavy atom. The Morgan fingerprint density at radius 3 is 2.31 bits per heavy atom. The van der Waals surface area contributed by atoms with Gasteiger partial charge in [0.1, 0.15) is 5.76 Å². The van der Waals surface area contributed by atoms with Gasteiger partial charge in [0.25, 0.3) is 5.91 Å². The average Bonchev–Trinajstić information content (AvgIpc) is 3.15. The molecule has 26 heavy (non-hydrogen) atoms. The normalized spacial score (nSPS) is 14.5. The van der Waals surface area contributed by atoms with Crippen molar-refractivity contribution < 1.29 is 9.21 Å². The summed E-state index contributed by atoms with van der Waals surface area (Å²) in [5.74, 6) is 1.94. The molecule has 0 N–H and O–H groups in total. The Morgan fingerprint density at radius 1 is 0.923 bits per heavy atom. The van der Waals surface area contributed by atoms with E-state index in [1.807, 2.05) is 60.4 Å². The van der Waals surface area contributed by atoms with E-state index in [4.69, 9.17) is 4.42 Å². The number of rotatable bonds is 3. The highest BCUT2D eigenvalue weighted by atomic mass is 16.3. The number of benzene rings is 1. The van der Waals surface area contributed by atoms with Gasteiger partial charge in [-0.25, -0.2) is 0 Å². The summed E-state index contributed by atoms with van der Waals surface area (Å²) in [5.41, 5.74) is 1.91. The van der Waals surface area contributed by atoms with Crippen molar-refractivity contribution in [3.8, 4) is 11.3 Å². The number of carbonyl (C=O) groups is 1. The highest BCUT2D eigenvalue weighted by Crippen LogP contribution is 2.19. The van der Waals surface area contributed by atoms with Crippen LogP contribution in [0.15, 0.2) is 59.0 Å². The summed E-state index contributed by atoms with van der Waals surface area (Å²) in [4.78, 5) is 16.4. The zero-order valence-corrected chi connectivity index (χ0v) is 14.6. The largest absolute Gasteiger partial charge is 0.456 e. The lowest BCUT2D eigenvalue weighted by Gasteiger charge is -2.34. The summed E-state index contributed by atoms with van der Waals surface area (Å²) >= 11 is 0. The summed E-state index contributed by atoms with van der Waals surface area (Å²) in [6, 6.07) is 17.5. The van der Waals surface area contributed by atoms with E-state index in [0.29, 0.717) is 18.8 Å². The van der Waals surface area contributed by atoms with Crippen molar-refractivity contribution in [1.29, 1.82) is 0 Å². The highest BCUT2D eigenvalue weighted by molar-refractivity contribution is 5.91. The topological polar surface area (TPSA) is 62.5 Å². The first-order chi connectivity index (χ1) is 12.7. The van der Waals surface area contributed by atoms with Crippen molar-refractivity contribution in [2.45, 2.75) is 6.92 Å². The molecule has 3 heterocycles. The van der Waals surface area contributed by atoms with Crippen LogP contribution in [0.4, 0.5) is 5.82 Å². The molecule has 0 atom stereocenters. The predicted molar refractivity (Wildman–Crippen MR) is 99.0 cm³/mol. The summed E-state index contributed by atoms with van der Waals surface area (Å²) in [5, 5.41) is 8.71. The zero-order valence-electron chi connectivity index (χ0n) is 14.6. The predicted octanol–water partition coefficient (Wildman–Crippen LogP) is 3.01. The third kappa shape index (κ3) is 3.31. The second-order valence-electron chi connectivity index (χ2n) is 6.33. The van der Waals surface area contributed by atoms with Gasteiger partial charge in [0.15, 0.2) is 11.6 Å². The molecule has 0 bridgehead atoms. The SMILES string of the molecule is Cc1ccc(C(=O)N2CCN(c3ccc(-c4ccccc4)nn3)CC2)o1. The maximum Gasteiger partial charge on any atom is 0.289 e. The number of hydrogen-bond donors (Lipinski definition) is 0. The van der Waals surface area contributed by atoms with Gasteiger partial charge in [0, 0.05) is 31.7 Å². The molecule has 1 aromatic carbocycles. The third-order valence-corrected chi connectivity index (χ3v) is 4.56. The number of nitrogens with zero attached hydrogens (tertiary/aromatic N) is 4. The van der Waals surface area contributed by atoms with Crippen LogP contribution < -0.4 is 4.90 Å². The molecule has 4 rings (SSSR count). The van der Waals surface area contributed by atoms with Gasteiger partial charge in [-0.1, -0.05) is 30.3 Å². The standard InChI is InChI=1S/C20H20N4O2/c1-15-7-9-18(26-15)20(25)24-13-11-23(12-14-24)19-10-8-17(21-22-19)16-5-3-2-4-6-16/h2-10H,11-14H2,1H3. The summed E-state index contributed by atoms with van der Waals surface area (Å²) in [7, 11) is 0. The fourth-order valence-corrected chi connectivity index (χ4v) is 3.10. The fourth-order valence-electron chi connectivity index (χ4n) is 3.10. The Labute approximate surface area is 152 Å². The molecule has 1 fully saturated rings. The lowest BCUT2D eigenvalue weighted by atomic mass is 10.1. The molecule has 1 aliphatic rings. The van der Waals surface area contributed by atoms with E-state index >= 15 is 0 Å². The monoisotopic (exact) mass is 348 g/mol. The molecule has 2 aromatic heterocycles. The van der Waals surface area contributed by atoms with Crippen molar-refractivity contribution in [2.24, 2.45) is 0 Å². The van der Waals surface area contributed by atoms with Crippen LogP contribution in [0.25, 0.3) is 11.3 Å². The quantitative estimate of drug-likeness (QED) is 0.728. The molecule has 6 nitrogen and oxygen atoms in total. The molecule has 1 saturated heterocycles. The first-order valence-electron chi connectivity index (χ1n) is 8.70. The van der Waals surface area contributed by atoms with Gasteiger partial charge in [-0.2, -0.15) is 0 Å². The van der Waals surface area contributed by atoms with Crippen LogP contribution in [-0.4, -0.2) is 47.2 Å². The summed E-state index contributed by atoms with van der Waals surface area (Å²) < 4.78 is 5.44. The lowest BCUT2D eigenvalue weighted by Crippen LogP contribution is -2.49. The molecule has 3 aromatic rings. The van der Waals surface area contributed by atoms with Crippen LogP contribution >= 0.6 is 0 Å². The Hall–Kier alpha value is -3.15. The maximum absolute atomic E-state index is 12.4. The van der Waals surface area contributed by atoms with Crippen LogP contribution in [0.2, 0.25) is 0 Å². The average molecular weight is 348 g/mol. The molecule has 132 valence electrons. The molecule has 0 radical (unpaired) electrons. The van der Waals surface area contributed by atoms with Crippen molar-refractivity contribution in [1.82, 2.24) is 15.1 Å². The molecule has 0 saturated carbocycles. The Balaban J connectivity index is 1.39. The van der Waals surface area contributed by atoms with E-state index in [1.54, 1.807) is 6.07 Å². The number of anilines is 1. The second-order valence-corrected chi connectivity index (χ2v) is 6.33. The fraction of sp³-hybridized carbons (Fsp3) is 0.250. The number of furan rings is 1. The van der Waals surface area contributed by atoms with E-state index in [2.05, 4.69) is 15.1 Å². The first-order valence-corrected chi connectivity index (χ1v) is 8.70. The van der Waals surface area contributed by atoms with E-state index in [9.17, 15) is 4.79 Å². The van der Waals surface area contributed by atoms with Crippen molar-refractivity contribution in [3.63, 3.8) is 0 Å². The lowest BCUT2D eigenvalue weighted by molar-refractivity contribution is 0.0713. The number of hydrogen-bond acceptors (Lipinski definition) is 5. The zero-order chi connectivity index (χ0) is 17.9. The molecular weight excluding hydrogens is 328 g/mol. The van der Waals surface area contributed by atoms with Crippen molar-refractivity contribution >= 4 is 11.7 Å². The summed E-state index contributed by atoms with van der Waals surface area (Å²) in [6.07, 6.45) is 0. The van der Waals surface area contributed by atoms with Crippen molar-refractivity contribution in [2.75, 3.05) is 31.1 Å². The number of amides is 1. The first kappa shape index (κ1) is 16.3. The van der Waals surface area contributed by atoms with Gasteiger partial charge in [-0.05, 0) is 31.2 Å². The minimum Gasteiger partial charge on any atom is -0.456 e. The van der Waals surface area contributed by atoms with Crippen LogP contribution in [0.3, 0.4) is 0 Å². The van der Waals surface area contributed by atoms with Gasteiger partial charge < -0.3 is 14.2 Å². The number of carbonyl (C=O) groups excluding carboxylic acids is 1. The highest BCUT2D eigenvalue weighted by Gasteiger charge is 2.24. The third-order valence-electron chi connectivity index (χ3n) is 4.56. The molecule has 6 heteroatoms. The number of aryl methyl sites for hydroxylation is 1. The minimum atomic E-state index is -0.0525. The Kier molecular flexibility index (Phi) is 4.39. The molecule has 0 aliphatic carbocycles. The van der Waals surface area contributed by atoms with Crippen molar-refractivity contribution in [3.05, 3.63) is 66.1 Å². The summed E-state index contributed by atoms with van der Waals surface area (Å²) in [6.45, 7) is 4.57. The van der Waals surface area contributed by atoms with Gasteiger partial charge in [0.05, 0.1) is 5.69 Å². The molecule has 0 unspecified atom stereocenters. The number of aromatic nitrogens is 2. The van der Waals surface area contributed by atoms with E-state index in [0.717, 1.165) is 35.9 Å².